The zero-order valence-electron chi connectivity index (χ0n) is 16.6. The number of halogens is 1. The number of hydrogen-bond acceptors (Lipinski definition) is 5. The summed E-state index contributed by atoms with van der Waals surface area (Å²) in [5.74, 6) is -0.697. The first-order valence-corrected chi connectivity index (χ1v) is 9.37. The van der Waals surface area contributed by atoms with Crippen molar-refractivity contribution in [1.29, 1.82) is 0 Å². The van der Waals surface area contributed by atoms with Crippen molar-refractivity contribution in [3.63, 3.8) is 0 Å². The summed E-state index contributed by atoms with van der Waals surface area (Å²) in [6.45, 7) is 6.88. The highest BCUT2D eigenvalue weighted by Crippen LogP contribution is 2.20. The van der Waals surface area contributed by atoms with Crippen LogP contribution in [-0.4, -0.2) is 33.2 Å². The van der Waals surface area contributed by atoms with Crippen molar-refractivity contribution in [2.24, 2.45) is 0 Å². The largest absolute Gasteiger partial charge is 0.452 e. The second kappa shape index (κ2) is 8.45. The Morgan fingerprint density at radius 3 is 2.41 bits per heavy atom. The maximum absolute atomic E-state index is 12.3. The van der Waals surface area contributed by atoms with Crippen LogP contribution in [0.15, 0.2) is 36.4 Å². The summed E-state index contributed by atoms with van der Waals surface area (Å²) in [4.78, 5) is 28.7. The van der Waals surface area contributed by atoms with E-state index in [1.807, 2.05) is 38.1 Å². The van der Waals surface area contributed by atoms with Gasteiger partial charge in [-0.25, -0.2) is 14.5 Å². The summed E-state index contributed by atoms with van der Waals surface area (Å²) >= 11 is 6.05. The molecule has 1 aromatic carbocycles. The normalized spacial score (nSPS) is 10.7. The molecule has 150 valence electrons. The maximum atomic E-state index is 12.3. The van der Waals surface area contributed by atoms with Crippen molar-refractivity contribution in [1.82, 2.24) is 14.8 Å². The Morgan fingerprint density at radius 2 is 1.76 bits per heavy atom. The number of esters is 1. The number of rotatable bonds is 5. The fourth-order valence-corrected chi connectivity index (χ4v) is 3.25. The molecule has 0 spiro atoms. The standard InChI is InChI=1S/C21H21ClN4O3/c1-12-5-7-16(8-6-12)26-17(10-15(4)25-26)24-18(27)11-29-21(28)19-13(2)9-14(3)23-20(19)22/h5-10H,11H2,1-4H3,(H,24,27). The number of carbonyl (C=O) groups excluding carboxylic acids is 2. The van der Waals surface area contributed by atoms with Crippen molar-refractivity contribution >= 4 is 29.3 Å². The molecule has 8 heteroatoms. The van der Waals surface area contributed by atoms with Crippen LogP contribution in [0.5, 0.6) is 0 Å². The van der Waals surface area contributed by atoms with Gasteiger partial charge in [-0.3, -0.25) is 4.79 Å². The average molecular weight is 413 g/mol. The van der Waals surface area contributed by atoms with Gasteiger partial charge in [0, 0.05) is 11.8 Å². The molecule has 0 saturated heterocycles. The molecule has 7 nitrogen and oxygen atoms in total. The summed E-state index contributed by atoms with van der Waals surface area (Å²) in [6.07, 6.45) is 0. The molecule has 0 bridgehead atoms. The van der Waals surface area contributed by atoms with Gasteiger partial charge in [0.2, 0.25) is 0 Å². The molecule has 1 amide bonds. The molecule has 3 aromatic rings. The van der Waals surface area contributed by atoms with Crippen molar-refractivity contribution in [2.75, 3.05) is 11.9 Å². The van der Waals surface area contributed by atoms with Gasteiger partial charge in [-0.05, 0) is 51.5 Å². The number of amides is 1. The molecule has 2 aromatic heterocycles. The van der Waals surface area contributed by atoms with Crippen molar-refractivity contribution in [3.8, 4) is 5.69 Å². The molecule has 3 rings (SSSR count). The minimum Gasteiger partial charge on any atom is -0.452 e. The van der Waals surface area contributed by atoms with E-state index in [0.717, 1.165) is 16.9 Å². The smallest absolute Gasteiger partial charge is 0.342 e. The number of hydrogen-bond donors (Lipinski definition) is 1. The topological polar surface area (TPSA) is 86.1 Å². The summed E-state index contributed by atoms with van der Waals surface area (Å²) in [6, 6.07) is 11.2. The van der Waals surface area contributed by atoms with Gasteiger partial charge in [0.1, 0.15) is 11.0 Å². The molecule has 1 N–H and O–H groups in total. The van der Waals surface area contributed by atoms with Crippen LogP contribution < -0.4 is 5.32 Å². The Labute approximate surface area is 173 Å². The SMILES string of the molecule is Cc1ccc(-n2nc(C)cc2NC(=O)COC(=O)c2c(C)cc(C)nc2Cl)cc1. The predicted octanol–water partition coefficient (Wildman–Crippen LogP) is 3.95. The highest BCUT2D eigenvalue weighted by Gasteiger charge is 2.19. The lowest BCUT2D eigenvalue weighted by Gasteiger charge is -2.11. The van der Waals surface area contributed by atoms with Gasteiger partial charge < -0.3 is 10.1 Å². The second-order valence-electron chi connectivity index (χ2n) is 6.79. The van der Waals surface area contributed by atoms with E-state index in [1.54, 1.807) is 30.7 Å². The van der Waals surface area contributed by atoms with E-state index in [2.05, 4.69) is 15.4 Å². The molecule has 0 aliphatic heterocycles. The first kappa shape index (κ1) is 20.5. The van der Waals surface area contributed by atoms with Crippen LogP contribution >= 0.6 is 11.6 Å². The molecule has 0 aliphatic carbocycles. The lowest BCUT2D eigenvalue weighted by atomic mass is 10.1. The third-order valence-electron chi connectivity index (χ3n) is 4.22. The van der Waals surface area contributed by atoms with Crippen LogP contribution in [-0.2, 0) is 9.53 Å². The van der Waals surface area contributed by atoms with Gasteiger partial charge in [-0.1, -0.05) is 29.3 Å². The lowest BCUT2D eigenvalue weighted by molar-refractivity contribution is -0.119. The molecule has 0 radical (unpaired) electrons. The van der Waals surface area contributed by atoms with Gasteiger partial charge in [-0.2, -0.15) is 5.10 Å². The Bertz CT molecular complexity index is 1050. The lowest BCUT2D eigenvalue weighted by Crippen LogP contribution is -2.23. The molecule has 0 aliphatic rings. The van der Waals surface area contributed by atoms with Gasteiger partial charge in [0.15, 0.2) is 6.61 Å². The maximum Gasteiger partial charge on any atom is 0.342 e. The number of aromatic nitrogens is 3. The second-order valence-corrected chi connectivity index (χ2v) is 7.15. The quantitative estimate of drug-likeness (QED) is 0.506. The summed E-state index contributed by atoms with van der Waals surface area (Å²) < 4.78 is 6.75. The molecule has 0 unspecified atom stereocenters. The van der Waals surface area contributed by atoms with E-state index in [1.165, 1.54) is 0 Å². The minimum absolute atomic E-state index is 0.0565. The number of pyridine rings is 1. The van der Waals surface area contributed by atoms with E-state index in [-0.39, 0.29) is 10.7 Å². The number of anilines is 1. The number of carbonyl (C=O) groups is 2. The van der Waals surface area contributed by atoms with Gasteiger partial charge in [0.05, 0.1) is 16.9 Å². The number of ether oxygens (including phenoxy) is 1. The van der Waals surface area contributed by atoms with Crippen LogP contribution in [0.2, 0.25) is 5.15 Å². The molecule has 2 heterocycles. The molecule has 0 saturated carbocycles. The van der Waals surface area contributed by atoms with Crippen molar-refractivity contribution in [2.45, 2.75) is 27.7 Å². The zero-order chi connectivity index (χ0) is 21.1. The minimum atomic E-state index is -0.696. The molecule has 0 fully saturated rings. The van der Waals surface area contributed by atoms with E-state index < -0.39 is 18.5 Å². The number of nitrogens with zero attached hydrogens (tertiary/aromatic N) is 3. The predicted molar refractivity (Wildman–Crippen MR) is 111 cm³/mol. The number of aryl methyl sites for hydroxylation is 4. The first-order chi connectivity index (χ1) is 13.7. The van der Waals surface area contributed by atoms with Gasteiger partial charge in [-0.15, -0.1) is 0 Å². The van der Waals surface area contributed by atoms with Crippen LogP contribution in [0.3, 0.4) is 0 Å². The van der Waals surface area contributed by atoms with Crippen LogP contribution in [0.4, 0.5) is 5.82 Å². The highest BCUT2D eigenvalue weighted by molar-refractivity contribution is 6.32. The number of nitrogens with one attached hydrogen (secondary N) is 1. The monoisotopic (exact) mass is 412 g/mol. The highest BCUT2D eigenvalue weighted by atomic mass is 35.5. The van der Waals surface area contributed by atoms with E-state index in [0.29, 0.717) is 17.1 Å². The van der Waals surface area contributed by atoms with Crippen LogP contribution in [0.1, 0.15) is 32.9 Å². The molecule has 0 atom stereocenters. The fourth-order valence-electron chi connectivity index (χ4n) is 2.89. The van der Waals surface area contributed by atoms with E-state index in [9.17, 15) is 9.59 Å². The summed E-state index contributed by atoms with van der Waals surface area (Å²) in [5.41, 5.74) is 4.16. The molecule has 29 heavy (non-hydrogen) atoms. The Balaban J connectivity index is 1.69. The van der Waals surface area contributed by atoms with Gasteiger partial charge in [0.25, 0.3) is 5.91 Å². The first-order valence-electron chi connectivity index (χ1n) is 8.99. The Kier molecular flexibility index (Phi) is 5.98. The van der Waals surface area contributed by atoms with Crippen molar-refractivity contribution < 1.29 is 14.3 Å². The molecular formula is C21H21ClN4O3. The zero-order valence-corrected chi connectivity index (χ0v) is 17.4. The Hall–Kier alpha value is -3.19. The third kappa shape index (κ3) is 4.81. The van der Waals surface area contributed by atoms with E-state index in [4.69, 9.17) is 16.3 Å². The van der Waals surface area contributed by atoms with Crippen LogP contribution in [0, 0.1) is 27.7 Å². The van der Waals surface area contributed by atoms with Gasteiger partial charge >= 0.3 is 5.97 Å². The third-order valence-corrected chi connectivity index (χ3v) is 4.49. The number of benzene rings is 1. The van der Waals surface area contributed by atoms with E-state index >= 15 is 0 Å². The summed E-state index contributed by atoms with van der Waals surface area (Å²) in [5, 5.41) is 7.19. The van der Waals surface area contributed by atoms with Crippen LogP contribution in [0.25, 0.3) is 5.69 Å². The average Bonchev–Trinajstić information content (AvgIpc) is 3.00. The van der Waals surface area contributed by atoms with Crippen molar-refractivity contribution in [3.05, 3.63) is 69.6 Å². The summed E-state index contributed by atoms with van der Waals surface area (Å²) in [7, 11) is 0. The Morgan fingerprint density at radius 1 is 1.07 bits per heavy atom. The fraction of sp³-hybridized carbons (Fsp3) is 0.238. The molecular weight excluding hydrogens is 392 g/mol.